The monoisotopic (exact) mass is 381 g/mol. The Morgan fingerprint density at radius 2 is 1.59 bits per heavy atom. The molecule has 0 bridgehead atoms. The standard InChI is InChI=1S/C22H23N3O.ClH/c26-22-20(18-9-5-2-6-10-18)15-23-21(24-22)19-11-13-25(14-12-19)16-17-7-3-1-4-8-17;/h1-10,15,19H,11-14,16H2,(H,23,24,26);1H. The van der Waals surface area contributed by atoms with Crippen LogP contribution in [0.3, 0.4) is 0 Å². The van der Waals surface area contributed by atoms with Crippen LogP contribution < -0.4 is 5.56 Å². The predicted octanol–water partition coefficient (Wildman–Crippen LogP) is 4.24. The Hall–Kier alpha value is -2.43. The third-order valence-corrected chi connectivity index (χ3v) is 5.13. The van der Waals surface area contributed by atoms with E-state index >= 15 is 0 Å². The third-order valence-electron chi connectivity index (χ3n) is 5.13. The summed E-state index contributed by atoms with van der Waals surface area (Å²) in [7, 11) is 0. The molecule has 4 nitrogen and oxygen atoms in total. The van der Waals surface area contributed by atoms with Crippen LogP contribution in [0.2, 0.25) is 0 Å². The zero-order valence-corrected chi connectivity index (χ0v) is 16.0. The minimum absolute atomic E-state index is 0. The van der Waals surface area contributed by atoms with Crippen LogP contribution in [0.1, 0.15) is 30.1 Å². The Labute approximate surface area is 165 Å². The van der Waals surface area contributed by atoms with Gasteiger partial charge in [-0.05, 0) is 37.1 Å². The van der Waals surface area contributed by atoms with Crippen molar-refractivity contribution < 1.29 is 0 Å². The van der Waals surface area contributed by atoms with E-state index in [2.05, 4.69) is 45.2 Å². The van der Waals surface area contributed by atoms with Crippen molar-refractivity contribution in [2.45, 2.75) is 25.3 Å². The summed E-state index contributed by atoms with van der Waals surface area (Å²) in [6.07, 6.45) is 3.78. The van der Waals surface area contributed by atoms with Crippen LogP contribution in [-0.4, -0.2) is 28.0 Å². The largest absolute Gasteiger partial charge is 0.310 e. The molecule has 0 atom stereocenters. The molecule has 5 heteroatoms. The molecule has 3 aromatic rings. The van der Waals surface area contributed by atoms with Crippen LogP contribution in [-0.2, 0) is 6.54 Å². The van der Waals surface area contributed by atoms with Crippen LogP contribution in [0.15, 0.2) is 71.7 Å². The van der Waals surface area contributed by atoms with Gasteiger partial charge >= 0.3 is 0 Å². The number of aromatic amines is 1. The Morgan fingerprint density at radius 3 is 2.22 bits per heavy atom. The zero-order chi connectivity index (χ0) is 17.8. The lowest BCUT2D eigenvalue weighted by atomic mass is 9.95. The van der Waals surface area contributed by atoms with Crippen molar-refractivity contribution in [3.8, 4) is 11.1 Å². The molecule has 0 radical (unpaired) electrons. The first-order valence-electron chi connectivity index (χ1n) is 9.20. The lowest BCUT2D eigenvalue weighted by Gasteiger charge is -2.31. The molecule has 1 N–H and O–H groups in total. The Morgan fingerprint density at radius 1 is 0.963 bits per heavy atom. The first-order chi connectivity index (χ1) is 12.8. The maximum absolute atomic E-state index is 12.5. The van der Waals surface area contributed by atoms with Crippen molar-refractivity contribution >= 4 is 12.4 Å². The summed E-state index contributed by atoms with van der Waals surface area (Å²) in [5.41, 5.74) is 2.85. The third kappa shape index (κ3) is 4.65. The van der Waals surface area contributed by atoms with Gasteiger partial charge in [0, 0.05) is 18.7 Å². The maximum atomic E-state index is 12.5. The van der Waals surface area contributed by atoms with Crippen molar-refractivity contribution in [1.29, 1.82) is 0 Å². The van der Waals surface area contributed by atoms with Crippen LogP contribution in [0.4, 0.5) is 0 Å². The lowest BCUT2D eigenvalue weighted by Crippen LogP contribution is -2.33. The number of rotatable bonds is 4. The smallest absolute Gasteiger partial charge is 0.258 e. The van der Waals surface area contributed by atoms with E-state index in [4.69, 9.17) is 0 Å². The average molecular weight is 382 g/mol. The minimum Gasteiger partial charge on any atom is -0.310 e. The number of nitrogens with one attached hydrogen (secondary N) is 1. The fraction of sp³-hybridized carbons (Fsp3) is 0.273. The second kappa shape index (κ2) is 8.98. The van der Waals surface area contributed by atoms with Crippen LogP contribution in [0.25, 0.3) is 11.1 Å². The number of nitrogens with zero attached hydrogens (tertiary/aromatic N) is 2. The summed E-state index contributed by atoms with van der Waals surface area (Å²) in [5.74, 6) is 1.16. The van der Waals surface area contributed by atoms with Gasteiger partial charge in [0.25, 0.3) is 5.56 Å². The predicted molar refractivity (Wildman–Crippen MR) is 111 cm³/mol. The highest BCUT2D eigenvalue weighted by Crippen LogP contribution is 2.26. The molecule has 4 rings (SSSR count). The van der Waals surface area contributed by atoms with Crippen LogP contribution >= 0.6 is 12.4 Å². The van der Waals surface area contributed by atoms with E-state index in [0.29, 0.717) is 11.5 Å². The first-order valence-corrected chi connectivity index (χ1v) is 9.20. The van der Waals surface area contributed by atoms with Crippen LogP contribution in [0, 0.1) is 0 Å². The molecule has 0 amide bonds. The van der Waals surface area contributed by atoms with E-state index in [-0.39, 0.29) is 18.0 Å². The molecular formula is C22H24ClN3O. The number of aromatic nitrogens is 2. The molecule has 1 aliphatic heterocycles. The number of H-pyrrole nitrogens is 1. The molecule has 1 aromatic heterocycles. The van der Waals surface area contributed by atoms with Gasteiger partial charge in [0.1, 0.15) is 5.82 Å². The molecule has 0 aliphatic carbocycles. The summed E-state index contributed by atoms with van der Waals surface area (Å²) in [5, 5.41) is 0. The van der Waals surface area contributed by atoms with E-state index in [1.165, 1.54) is 5.56 Å². The van der Waals surface area contributed by atoms with Gasteiger partial charge in [0.2, 0.25) is 0 Å². The average Bonchev–Trinajstić information content (AvgIpc) is 2.70. The van der Waals surface area contributed by atoms with Gasteiger partial charge < -0.3 is 4.98 Å². The van der Waals surface area contributed by atoms with E-state index in [1.807, 2.05) is 30.3 Å². The van der Waals surface area contributed by atoms with E-state index in [9.17, 15) is 4.79 Å². The number of hydrogen-bond donors (Lipinski definition) is 1. The molecular weight excluding hydrogens is 358 g/mol. The Balaban J connectivity index is 0.00000210. The highest BCUT2D eigenvalue weighted by molar-refractivity contribution is 5.85. The quantitative estimate of drug-likeness (QED) is 0.735. The fourth-order valence-electron chi connectivity index (χ4n) is 3.65. The van der Waals surface area contributed by atoms with Crippen molar-refractivity contribution in [3.63, 3.8) is 0 Å². The number of hydrogen-bond acceptors (Lipinski definition) is 3. The Kier molecular flexibility index (Phi) is 6.43. The molecule has 2 heterocycles. The van der Waals surface area contributed by atoms with Gasteiger partial charge in [-0.3, -0.25) is 9.69 Å². The van der Waals surface area contributed by atoms with E-state index in [0.717, 1.165) is 43.9 Å². The van der Waals surface area contributed by atoms with Crippen molar-refractivity contribution in [2.75, 3.05) is 13.1 Å². The van der Waals surface area contributed by atoms with Gasteiger partial charge in [-0.25, -0.2) is 4.98 Å². The molecule has 0 spiro atoms. The summed E-state index contributed by atoms with van der Waals surface area (Å²) in [6, 6.07) is 20.3. The molecule has 1 fully saturated rings. The summed E-state index contributed by atoms with van der Waals surface area (Å²) in [4.78, 5) is 22.6. The van der Waals surface area contributed by atoms with E-state index in [1.54, 1.807) is 6.20 Å². The fourth-order valence-corrected chi connectivity index (χ4v) is 3.65. The summed E-state index contributed by atoms with van der Waals surface area (Å²) >= 11 is 0. The highest BCUT2D eigenvalue weighted by Gasteiger charge is 2.22. The maximum Gasteiger partial charge on any atom is 0.258 e. The second-order valence-electron chi connectivity index (χ2n) is 6.91. The van der Waals surface area contributed by atoms with E-state index < -0.39 is 0 Å². The summed E-state index contributed by atoms with van der Waals surface area (Å²) in [6.45, 7) is 3.05. The second-order valence-corrected chi connectivity index (χ2v) is 6.91. The molecule has 1 saturated heterocycles. The van der Waals surface area contributed by atoms with Crippen molar-refractivity contribution in [3.05, 3.63) is 88.6 Å². The molecule has 2 aromatic carbocycles. The van der Waals surface area contributed by atoms with Gasteiger partial charge in [0.15, 0.2) is 0 Å². The number of likely N-dealkylation sites (tertiary alicyclic amines) is 1. The van der Waals surface area contributed by atoms with Crippen molar-refractivity contribution in [1.82, 2.24) is 14.9 Å². The summed E-state index contributed by atoms with van der Waals surface area (Å²) < 4.78 is 0. The molecule has 140 valence electrons. The van der Waals surface area contributed by atoms with Crippen molar-refractivity contribution in [2.24, 2.45) is 0 Å². The van der Waals surface area contributed by atoms with Crippen LogP contribution in [0.5, 0.6) is 0 Å². The van der Waals surface area contributed by atoms with Gasteiger partial charge in [-0.15, -0.1) is 12.4 Å². The van der Waals surface area contributed by atoms with Gasteiger partial charge in [0.05, 0.1) is 5.56 Å². The molecule has 0 saturated carbocycles. The topological polar surface area (TPSA) is 49.0 Å². The van der Waals surface area contributed by atoms with Gasteiger partial charge in [-0.2, -0.15) is 0 Å². The lowest BCUT2D eigenvalue weighted by molar-refractivity contribution is 0.201. The molecule has 0 unspecified atom stereocenters. The SMILES string of the molecule is Cl.O=c1[nH]c(C2CCN(Cc3ccccc3)CC2)ncc1-c1ccccc1. The zero-order valence-electron chi connectivity index (χ0n) is 15.2. The normalized spacial score (nSPS) is 15.3. The Bertz CT molecular complexity index is 904. The number of halogens is 1. The highest BCUT2D eigenvalue weighted by atomic mass is 35.5. The first kappa shape index (κ1) is 19.3. The minimum atomic E-state index is -0.0482. The number of piperidine rings is 1. The van der Waals surface area contributed by atoms with Gasteiger partial charge in [-0.1, -0.05) is 60.7 Å². The number of benzene rings is 2. The molecule has 1 aliphatic rings. The molecule has 27 heavy (non-hydrogen) atoms.